The molecule has 2 aromatic carbocycles. The lowest BCUT2D eigenvalue weighted by atomic mass is 9.72. The minimum absolute atomic E-state index is 0.116. The van der Waals surface area contributed by atoms with Gasteiger partial charge in [0.25, 0.3) is 0 Å². The zero-order chi connectivity index (χ0) is 33.9. The van der Waals surface area contributed by atoms with Gasteiger partial charge >= 0.3 is 0 Å². The number of aryl methyl sites for hydroxylation is 2. The fourth-order valence-corrected chi connectivity index (χ4v) is 6.38. The van der Waals surface area contributed by atoms with Crippen molar-refractivity contribution in [3.8, 4) is 0 Å². The standard InChI is InChI=1S/C36H53N3O7/c1-24-11-16-28(36-31(42)29(40)23-35(46-36,17-20-45-36)34(4,5)44)22-27(24)21-26-14-12-25(13-15-26)9-8-10-30(41)38-33(2,3)32(43)37-18-19-39(6)7/h11-16,22,29,31,40,42,44H,8-10,17-21,23H2,1-7H3,(H,37,43)(H,38,41)/t29-,31+,35-,36-/m0/s1. The Bertz CT molecular complexity index is 1370. The molecule has 2 amide bonds. The first kappa shape index (κ1) is 36.0. The quantitative estimate of drug-likeness (QED) is 0.226. The number of nitrogens with one attached hydrogen (secondary N) is 2. The third kappa shape index (κ3) is 7.98. The van der Waals surface area contributed by atoms with Gasteiger partial charge in [0.05, 0.1) is 18.3 Å². The van der Waals surface area contributed by atoms with Crippen molar-refractivity contribution in [1.29, 1.82) is 0 Å². The van der Waals surface area contributed by atoms with Crippen LogP contribution < -0.4 is 10.6 Å². The van der Waals surface area contributed by atoms with E-state index in [9.17, 15) is 24.9 Å². The summed E-state index contributed by atoms with van der Waals surface area (Å²) < 4.78 is 12.6. The van der Waals surface area contributed by atoms with Crippen molar-refractivity contribution in [3.63, 3.8) is 0 Å². The summed E-state index contributed by atoms with van der Waals surface area (Å²) in [5, 5.41) is 38.8. The number of carbonyl (C=O) groups excluding carboxylic acids is 2. The first-order valence-electron chi connectivity index (χ1n) is 16.3. The molecule has 10 heteroatoms. The first-order chi connectivity index (χ1) is 21.5. The van der Waals surface area contributed by atoms with Gasteiger partial charge in [0.1, 0.15) is 17.2 Å². The van der Waals surface area contributed by atoms with Crippen LogP contribution in [0.3, 0.4) is 0 Å². The molecule has 2 fully saturated rings. The van der Waals surface area contributed by atoms with E-state index >= 15 is 0 Å². The molecule has 4 atom stereocenters. The molecule has 2 aromatic rings. The van der Waals surface area contributed by atoms with Gasteiger partial charge in [0.2, 0.25) is 17.6 Å². The lowest BCUT2D eigenvalue weighted by Gasteiger charge is -2.59. The zero-order valence-electron chi connectivity index (χ0n) is 28.5. The predicted molar refractivity (Wildman–Crippen MR) is 176 cm³/mol. The van der Waals surface area contributed by atoms with Crippen molar-refractivity contribution in [2.45, 2.75) is 108 Å². The van der Waals surface area contributed by atoms with Gasteiger partial charge < -0.3 is 40.3 Å². The van der Waals surface area contributed by atoms with E-state index in [4.69, 9.17) is 9.47 Å². The summed E-state index contributed by atoms with van der Waals surface area (Å²) in [6.07, 6.45) is 0.452. The second kappa shape index (κ2) is 14.1. The molecule has 4 rings (SSSR count). The van der Waals surface area contributed by atoms with E-state index in [0.29, 0.717) is 37.8 Å². The summed E-state index contributed by atoms with van der Waals surface area (Å²) in [6, 6.07) is 14.1. The number of amides is 2. The van der Waals surface area contributed by atoms with Crippen LogP contribution in [0.4, 0.5) is 0 Å². The molecule has 254 valence electrons. The van der Waals surface area contributed by atoms with Gasteiger partial charge in [-0.1, -0.05) is 36.4 Å². The molecule has 0 spiro atoms. The predicted octanol–water partition coefficient (Wildman–Crippen LogP) is 2.71. The molecule has 2 bridgehead atoms. The summed E-state index contributed by atoms with van der Waals surface area (Å²) in [7, 11) is 3.88. The number of rotatable bonds is 13. The molecule has 0 saturated carbocycles. The molecule has 0 aromatic heterocycles. The third-order valence-electron chi connectivity index (χ3n) is 9.48. The molecule has 46 heavy (non-hydrogen) atoms. The highest BCUT2D eigenvalue weighted by Crippen LogP contribution is 2.52. The second-order valence-corrected chi connectivity index (χ2v) is 14.4. The largest absolute Gasteiger partial charge is 0.390 e. The van der Waals surface area contributed by atoms with Gasteiger partial charge in [0, 0.05) is 37.9 Å². The van der Waals surface area contributed by atoms with E-state index < -0.39 is 34.7 Å². The fraction of sp³-hybridized carbons (Fsp3) is 0.611. The Balaban J connectivity index is 1.36. The molecular formula is C36H53N3O7. The van der Waals surface area contributed by atoms with E-state index in [-0.39, 0.29) is 24.8 Å². The van der Waals surface area contributed by atoms with E-state index in [0.717, 1.165) is 35.2 Å². The number of aliphatic hydroxyl groups is 3. The van der Waals surface area contributed by atoms with Crippen molar-refractivity contribution < 1.29 is 34.4 Å². The molecule has 5 N–H and O–H groups in total. The van der Waals surface area contributed by atoms with E-state index in [1.807, 2.05) is 44.1 Å². The normalized spacial score (nSPS) is 24.9. The summed E-state index contributed by atoms with van der Waals surface area (Å²) in [5.41, 5.74) is 1.64. The lowest BCUT2D eigenvalue weighted by Crippen LogP contribution is -2.70. The number of ether oxygens (including phenoxy) is 2. The first-order valence-corrected chi connectivity index (χ1v) is 16.3. The number of likely N-dealkylation sites (N-methyl/N-ethyl adjacent to an activating group) is 1. The Morgan fingerprint density at radius 3 is 2.37 bits per heavy atom. The lowest BCUT2D eigenvalue weighted by molar-refractivity contribution is -0.427. The van der Waals surface area contributed by atoms with Crippen LogP contribution in [0.15, 0.2) is 42.5 Å². The van der Waals surface area contributed by atoms with Crippen LogP contribution in [-0.2, 0) is 37.7 Å². The maximum Gasteiger partial charge on any atom is 0.245 e. The van der Waals surface area contributed by atoms with Gasteiger partial charge in [-0.25, -0.2) is 0 Å². The second-order valence-electron chi connectivity index (χ2n) is 14.4. The number of benzene rings is 2. The average Bonchev–Trinajstić information content (AvgIpc) is 2.97. The third-order valence-corrected chi connectivity index (χ3v) is 9.48. The maximum atomic E-state index is 12.6. The van der Waals surface area contributed by atoms with Gasteiger partial charge in [-0.05, 0) is 96.3 Å². The minimum Gasteiger partial charge on any atom is -0.390 e. The van der Waals surface area contributed by atoms with Crippen LogP contribution in [0, 0.1) is 6.92 Å². The molecule has 2 heterocycles. The number of fused-ring (bicyclic) bond motifs is 2. The van der Waals surface area contributed by atoms with E-state index in [1.165, 1.54) is 0 Å². The molecule has 0 unspecified atom stereocenters. The number of nitrogens with zero attached hydrogens (tertiary/aromatic N) is 1. The van der Waals surface area contributed by atoms with Crippen LogP contribution in [0.25, 0.3) is 0 Å². The molecule has 0 radical (unpaired) electrons. The Morgan fingerprint density at radius 1 is 1.04 bits per heavy atom. The monoisotopic (exact) mass is 639 g/mol. The van der Waals surface area contributed by atoms with Crippen LogP contribution in [0.5, 0.6) is 0 Å². The molecule has 10 nitrogen and oxygen atoms in total. The number of hydrogen-bond donors (Lipinski definition) is 5. The Labute approximate surface area is 273 Å². The van der Waals surface area contributed by atoms with Crippen LogP contribution in [-0.4, -0.2) is 94.8 Å². The molecular weight excluding hydrogens is 586 g/mol. The van der Waals surface area contributed by atoms with Crippen LogP contribution in [0.2, 0.25) is 0 Å². The number of carbonyl (C=O) groups is 2. The van der Waals surface area contributed by atoms with Crippen molar-refractivity contribution in [2.75, 3.05) is 33.8 Å². The minimum atomic E-state index is -1.58. The molecule has 2 aliphatic heterocycles. The average molecular weight is 640 g/mol. The summed E-state index contributed by atoms with van der Waals surface area (Å²) in [4.78, 5) is 27.1. The maximum absolute atomic E-state index is 12.6. The number of hydrogen-bond acceptors (Lipinski definition) is 8. The highest BCUT2D eigenvalue weighted by atomic mass is 16.7. The topological polar surface area (TPSA) is 141 Å². The summed E-state index contributed by atoms with van der Waals surface area (Å²) in [5.74, 6) is -1.94. The van der Waals surface area contributed by atoms with Crippen molar-refractivity contribution >= 4 is 11.8 Å². The molecule has 2 aliphatic rings. The van der Waals surface area contributed by atoms with E-state index in [2.05, 4.69) is 34.9 Å². The highest BCUT2D eigenvalue weighted by Gasteiger charge is 2.63. The zero-order valence-corrected chi connectivity index (χ0v) is 28.5. The van der Waals surface area contributed by atoms with Crippen molar-refractivity contribution in [3.05, 3.63) is 70.3 Å². The van der Waals surface area contributed by atoms with E-state index in [1.54, 1.807) is 27.7 Å². The molecule has 2 saturated heterocycles. The van der Waals surface area contributed by atoms with Gasteiger partial charge in [-0.3, -0.25) is 9.59 Å². The number of aliphatic hydroxyl groups excluding tert-OH is 2. The van der Waals surface area contributed by atoms with Gasteiger partial charge in [-0.15, -0.1) is 0 Å². The Morgan fingerprint density at radius 2 is 1.72 bits per heavy atom. The smallest absolute Gasteiger partial charge is 0.245 e. The Hall–Kier alpha value is -2.86. The van der Waals surface area contributed by atoms with Gasteiger partial charge in [-0.2, -0.15) is 0 Å². The van der Waals surface area contributed by atoms with Crippen LogP contribution >= 0.6 is 0 Å². The van der Waals surface area contributed by atoms with Crippen molar-refractivity contribution in [1.82, 2.24) is 15.5 Å². The summed E-state index contributed by atoms with van der Waals surface area (Å²) >= 11 is 0. The Kier molecular flexibility index (Phi) is 11.0. The molecule has 0 aliphatic carbocycles. The summed E-state index contributed by atoms with van der Waals surface area (Å²) in [6.45, 7) is 10.3. The SMILES string of the molecule is Cc1ccc([C@@]23OCC[C@@](C(C)(C)O)(C[C@H](O)[C@H]2O)O3)cc1Cc1ccc(CCCC(=O)NC(C)(C)C(=O)NCCN(C)C)cc1. The van der Waals surface area contributed by atoms with Crippen molar-refractivity contribution in [2.24, 2.45) is 0 Å². The fourth-order valence-electron chi connectivity index (χ4n) is 6.38. The van der Waals surface area contributed by atoms with Gasteiger partial charge in [0.15, 0.2) is 0 Å². The highest BCUT2D eigenvalue weighted by molar-refractivity contribution is 5.90. The van der Waals surface area contributed by atoms with Crippen LogP contribution in [0.1, 0.15) is 81.2 Å².